The van der Waals surface area contributed by atoms with Crippen LogP contribution in [0.25, 0.3) is 6.08 Å². The maximum atomic E-state index is 13.4. The zero-order valence-corrected chi connectivity index (χ0v) is 20.1. The van der Waals surface area contributed by atoms with E-state index in [1.54, 1.807) is 4.90 Å². The summed E-state index contributed by atoms with van der Waals surface area (Å²) >= 11 is 0. The number of aryl methyl sites for hydroxylation is 1. The summed E-state index contributed by atoms with van der Waals surface area (Å²) in [5, 5.41) is 0. The summed E-state index contributed by atoms with van der Waals surface area (Å²) < 4.78 is 6.10. The molecule has 0 bridgehead atoms. The van der Waals surface area contributed by atoms with Crippen LogP contribution in [0, 0.1) is 6.92 Å². The Labute approximate surface area is 197 Å². The molecule has 174 valence electrons. The van der Waals surface area contributed by atoms with E-state index in [4.69, 9.17) is 9.73 Å². The van der Waals surface area contributed by atoms with Gasteiger partial charge in [-0.15, -0.1) is 0 Å². The molecule has 0 aromatic heterocycles. The zero-order chi connectivity index (χ0) is 23.2. The molecule has 4 rings (SSSR count). The largest absolute Gasteiger partial charge is 0.420 e. The quantitative estimate of drug-likeness (QED) is 0.496. The molecular weight excluding hydrogens is 410 g/mol. The summed E-state index contributed by atoms with van der Waals surface area (Å²) in [6.45, 7) is 8.84. The smallest absolute Gasteiger partial charge is 0.300 e. The molecule has 1 amide bonds. The van der Waals surface area contributed by atoms with Gasteiger partial charge in [-0.2, -0.15) is 0 Å². The fraction of sp³-hybridized carbons (Fsp3) is 0.429. The molecule has 0 atom stereocenters. The third-order valence-corrected chi connectivity index (χ3v) is 6.56. The summed E-state index contributed by atoms with van der Waals surface area (Å²) in [5.41, 5.74) is 4.44. The van der Waals surface area contributed by atoms with Crippen LogP contribution in [0.4, 0.5) is 5.69 Å². The van der Waals surface area contributed by atoms with Crippen molar-refractivity contribution in [1.82, 2.24) is 4.90 Å². The highest BCUT2D eigenvalue weighted by molar-refractivity contribution is 6.11. The van der Waals surface area contributed by atoms with Gasteiger partial charge in [-0.1, -0.05) is 55.7 Å². The van der Waals surface area contributed by atoms with E-state index < -0.39 is 0 Å². The van der Waals surface area contributed by atoms with Crippen molar-refractivity contribution in [2.75, 3.05) is 18.0 Å². The van der Waals surface area contributed by atoms with E-state index in [0.29, 0.717) is 18.3 Å². The van der Waals surface area contributed by atoms with E-state index in [0.717, 1.165) is 37.1 Å². The SMILES string of the molecule is CCN(CC)c1ccc(/C=C2/OC(=NC3CCCCC3)N(Cc3ccccc3)C2=O)cc1C. The van der Waals surface area contributed by atoms with Crippen LogP contribution >= 0.6 is 0 Å². The predicted molar refractivity (Wildman–Crippen MR) is 135 cm³/mol. The Bertz CT molecular complexity index is 1020. The van der Waals surface area contributed by atoms with Crippen LogP contribution < -0.4 is 4.90 Å². The van der Waals surface area contributed by atoms with Crippen LogP contribution in [0.1, 0.15) is 62.6 Å². The topological polar surface area (TPSA) is 45.1 Å². The van der Waals surface area contributed by atoms with Gasteiger partial charge in [0, 0.05) is 18.8 Å². The first-order valence-electron chi connectivity index (χ1n) is 12.3. The minimum absolute atomic E-state index is 0.126. The third kappa shape index (κ3) is 5.47. The first-order valence-corrected chi connectivity index (χ1v) is 12.3. The molecule has 0 unspecified atom stereocenters. The van der Waals surface area contributed by atoms with Gasteiger partial charge in [0.25, 0.3) is 5.91 Å². The molecule has 0 N–H and O–H groups in total. The van der Waals surface area contributed by atoms with Crippen LogP contribution in [-0.2, 0) is 16.1 Å². The maximum Gasteiger partial charge on any atom is 0.300 e. The normalized spacial score (nSPS) is 19.4. The standard InChI is InChI=1S/C28H35N3O2/c1-4-30(5-2)25-17-16-23(18-21(25)3)19-26-27(32)31(20-22-12-8-6-9-13-22)28(33-26)29-24-14-10-7-11-15-24/h6,8-9,12-13,16-19,24H,4-5,7,10-11,14-15,20H2,1-3H3/b26-19+,29-28?. The fourth-order valence-corrected chi connectivity index (χ4v) is 4.71. The lowest BCUT2D eigenvalue weighted by Gasteiger charge is -2.23. The molecule has 1 aliphatic heterocycles. The third-order valence-electron chi connectivity index (χ3n) is 6.56. The number of rotatable bonds is 7. The summed E-state index contributed by atoms with van der Waals surface area (Å²) in [5.74, 6) is 0.217. The predicted octanol–water partition coefficient (Wildman–Crippen LogP) is 5.93. The van der Waals surface area contributed by atoms with Gasteiger partial charge in [-0.25, -0.2) is 4.99 Å². The van der Waals surface area contributed by atoms with Gasteiger partial charge >= 0.3 is 6.02 Å². The molecule has 2 aliphatic rings. The van der Waals surface area contributed by atoms with Gasteiger partial charge in [0.15, 0.2) is 5.76 Å². The van der Waals surface area contributed by atoms with Crippen molar-refractivity contribution in [2.24, 2.45) is 4.99 Å². The van der Waals surface area contributed by atoms with Gasteiger partial charge in [-0.05, 0) is 68.5 Å². The summed E-state index contributed by atoms with van der Waals surface area (Å²) in [6.07, 6.45) is 7.62. The second-order valence-electron chi connectivity index (χ2n) is 8.91. The monoisotopic (exact) mass is 445 g/mol. The minimum Gasteiger partial charge on any atom is -0.420 e. The minimum atomic E-state index is -0.126. The second kappa shape index (κ2) is 10.7. The number of hydrogen-bond acceptors (Lipinski definition) is 4. The number of amidine groups is 1. The van der Waals surface area contributed by atoms with Crippen molar-refractivity contribution in [3.8, 4) is 0 Å². The summed E-state index contributed by atoms with van der Waals surface area (Å²) in [4.78, 5) is 22.3. The summed E-state index contributed by atoms with van der Waals surface area (Å²) in [6, 6.07) is 17.0. The number of amides is 1. The molecular formula is C28H35N3O2. The average molecular weight is 446 g/mol. The molecule has 1 saturated heterocycles. The van der Waals surface area contributed by atoms with E-state index in [1.807, 2.05) is 36.4 Å². The number of nitrogens with zero attached hydrogens (tertiary/aromatic N) is 3. The molecule has 2 aromatic rings. The number of aliphatic imine (C=N–C) groups is 1. The van der Waals surface area contributed by atoms with Crippen molar-refractivity contribution in [2.45, 2.75) is 65.5 Å². The molecule has 2 fully saturated rings. The number of carbonyl (C=O) groups excluding carboxylic acids is 1. The van der Waals surface area contributed by atoms with Crippen molar-refractivity contribution < 1.29 is 9.53 Å². The van der Waals surface area contributed by atoms with Gasteiger partial charge in [-0.3, -0.25) is 9.69 Å². The first kappa shape index (κ1) is 23.1. The molecule has 2 aromatic carbocycles. The number of carbonyl (C=O) groups is 1. The van der Waals surface area contributed by atoms with E-state index in [-0.39, 0.29) is 11.9 Å². The van der Waals surface area contributed by atoms with E-state index in [2.05, 4.69) is 43.9 Å². The Morgan fingerprint density at radius 3 is 2.45 bits per heavy atom. The molecule has 5 heteroatoms. The van der Waals surface area contributed by atoms with Crippen molar-refractivity contribution in [3.63, 3.8) is 0 Å². The van der Waals surface area contributed by atoms with Gasteiger partial charge in [0.05, 0.1) is 12.6 Å². The van der Waals surface area contributed by atoms with E-state index in [1.165, 1.54) is 30.5 Å². The number of anilines is 1. The fourth-order valence-electron chi connectivity index (χ4n) is 4.71. The van der Waals surface area contributed by atoms with Crippen LogP contribution in [0.2, 0.25) is 0 Å². The van der Waals surface area contributed by atoms with Gasteiger partial charge < -0.3 is 9.64 Å². The van der Waals surface area contributed by atoms with E-state index >= 15 is 0 Å². The molecule has 1 heterocycles. The Morgan fingerprint density at radius 1 is 1.06 bits per heavy atom. The van der Waals surface area contributed by atoms with Gasteiger partial charge in [0.2, 0.25) is 0 Å². The van der Waals surface area contributed by atoms with Crippen molar-refractivity contribution in [1.29, 1.82) is 0 Å². The lowest BCUT2D eigenvalue weighted by Crippen LogP contribution is -2.30. The average Bonchev–Trinajstić information content (AvgIpc) is 3.11. The molecule has 0 spiro atoms. The van der Waals surface area contributed by atoms with Crippen LogP contribution in [0.15, 0.2) is 59.3 Å². The highest BCUT2D eigenvalue weighted by Crippen LogP contribution is 2.27. The van der Waals surface area contributed by atoms with Crippen LogP contribution in [0.3, 0.4) is 0 Å². The second-order valence-corrected chi connectivity index (χ2v) is 8.91. The Morgan fingerprint density at radius 2 is 1.79 bits per heavy atom. The molecule has 1 saturated carbocycles. The summed E-state index contributed by atoms with van der Waals surface area (Å²) in [7, 11) is 0. The molecule has 5 nitrogen and oxygen atoms in total. The maximum absolute atomic E-state index is 13.4. The molecule has 0 radical (unpaired) electrons. The zero-order valence-electron chi connectivity index (χ0n) is 20.1. The highest BCUT2D eigenvalue weighted by atomic mass is 16.5. The number of hydrogen-bond donors (Lipinski definition) is 0. The molecule has 1 aliphatic carbocycles. The van der Waals surface area contributed by atoms with Crippen LogP contribution in [0.5, 0.6) is 0 Å². The lowest BCUT2D eigenvalue weighted by molar-refractivity contribution is -0.123. The Hall–Kier alpha value is -3.08. The van der Waals surface area contributed by atoms with Crippen molar-refractivity contribution >= 4 is 23.7 Å². The van der Waals surface area contributed by atoms with E-state index in [9.17, 15) is 4.79 Å². The molecule has 33 heavy (non-hydrogen) atoms. The number of ether oxygens (including phenoxy) is 1. The van der Waals surface area contributed by atoms with Crippen LogP contribution in [-0.4, -0.2) is 36.0 Å². The lowest BCUT2D eigenvalue weighted by atomic mass is 9.96. The first-order chi connectivity index (χ1) is 16.1. The number of benzene rings is 2. The Balaban J connectivity index is 1.62. The Kier molecular flexibility index (Phi) is 7.48. The highest BCUT2D eigenvalue weighted by Gasteiger charge is 2.35. The van der Waals surface area contributed by atoms with Crippen molar-refractivity contribution in [3.05, 3.63) is 71.0 Å². The van der Waals surface area contributed by atoms with Gasteiger partial charge in [0.1, 0.15) is 0 Å².